The van der Waals surface area contributed by atoms with Crippen LogP contribution >= 0.6 is 0 Å². The van der Waals surface area contributed by atoms with E-state index in [4.69, 9.17) is 10.8 Å². The van der Waals surface area contributed by atoms with Gasteiger partial charge in [0.2, 0.25) is 0 Å². The standard InChI is InChI=1S/C11H16N2O3/c1-7-5-9(10(12)3-4-14)6-8(2)11(7)13(15)16/h5-6,10,14H,3-4,12H2,1-2H3. The fraction of sp³-hybridized carbons (Fsp3) is 0.455. The smallest absolute Gasteiger partial charge is 0.275 e. The van der Waals surface area contributed by atoms with Gasteiger partial charge in [-0.15, -0.1) is 0 Å². The molecule has 0 saturated heterocycles. The highest BCUT2D eigenvalue weighted by Gasteiger charge is 2.17. The molecule has 5 heteroatoms. The maximum absolute atomic E-state index is 10.8. The van der Waals surface area contributed by atoms with Gasteiger partial charge in [-0.3, -0.25) is 10.1 Å². The summed E-state index contributed by atoms with van der Waals surface area (Å²) in [7, 11) is 0. The molecule has 0 heterocycles. The van der Waals surface area contributed by atoms with Crippen molar-refractivity contribution < 1.29 is 10.0 Å². The minimum atomic E-state index is -0.383. The largest absolute Gasteiger partial charge is 0.396 e. The number of aliphatic hydroxyl groups excluding tert-OH is 1. The Labute approximate surface area is 94.0 Å². The number of nitro benzene ring substituents is 1. The van der Waals surface area contributed by atoms with E-state index < -0.39 is 0 Å². The number of rotatable bonds is 4. The maximum Gasteiger partial charge on any atom is 0.275 e. The van der Waals surface area contributed by atoms with Gasteiger partial charge >= 0.3 is 0 Å². The van der Waals surface area contributed by atoms with Crippen molar-refractivity contribution in [2.75, 3.05) is 6.61 Å². The van der Waals surface area contributed by atoms with Crippen LogP contribution in [-0.2, 0) is 0 Å². The molecule has 3 N–H and O–H groups in total. The quantitative estimate of drug-likeness (QED) is 0.600. The van der Waals surface area contributed by atoms with Crippen LogP contribution in [0.3, 0.4) is 0 Å². The Morgan fingerprint density at radius 1 is 1.44 bits per heavy atom. The zero-order valence-corrected chi connectivity index (χ0v) is 9.43. The number of benzene rings is 1. The lowest BCUT2D eigenvalue weighted by Gasteiger charge is -2.12. The summed E-state index contributed by atoms with van der Waals surface area (Å²) in [6, 6.07) is 3.15. The van der Waals surface area contributed by atoms with Crippen LogP contribution in [-0.4, -0.2) is 16.6 Å². The SMILES string of the molecule is Cc1cc(C(N)CCO)cc(C)c1[N+](=O)[O-]. The lowest BCUT2D eigenvalue weighted by Crippen LogP contribution is -2.12. The van der Waals surface area contributed by atoms with Crippen LogP contribution < -0.4 is 5.73 Å². The van der Waals surface area contributed by atoms with Gasteiger partial charge < -0.3 is 10.8 Å². The molecule has 1 aromatic carbocycles. The van der Waals surface area contributed by atoms with E-state index >= 15 is 0 Å². The molecule has 0 aliphatic carbocycles. The van der Waals surface area contributed by atoms with Gasteiger partial charge in [0.15, 0.2) is 0 Å². The summed E-state index contributed by atoms with van der Waals surface area (Å²) in [5.74, 6) is 0. The van der Waals surface area contributed by atoms with Gasteiger partial charge in [-0.05, 0) is 38.0 Å². The van der Waals surface area contributed by atoms with Crippen LogP contribution in [0.1, 0.15) is 29.2 Å². The molecule has 0 fully saturated rings. The van der Waals surface area contributed by atoms with Crippen molar-refractivity contribution in [2.45, 2.75) is 26.3 Å². The van der Waals surface area contributed by atoms with Crippen LogP contribution in [0.15, 0.2) is 12.1 Å². The van der Waals surface area contributed by atoms with Crippen LogP contribution in [0.4, 0.5) is 5.69 Å². The maximum atomic E-state index is 10.8. The zero-order chi connectivity index (χ0) is 12.3. The molecule has 0 saturated carbocycles. The Hall–Kier alpha value is -1.46. The third-order valence-corrected chi connectivity index (χ3v) is 2.56. The molecule has 16 heavy (non-hydrogen) atoms. The average Bonchev–Trinajstić information content (AvgIpc) is 2.16. The number of nitro groups is 1. The third kappa shape index (κ3) is 2.56. The predicted octanol–water partition coefficient (Wildman–Crippen LogP) is 1.59. The molecule has 1 unspecified atom stereocenters. The molecule has 1 rings (SSSR count). The molecule has 0 aromatic heterocycles. The molecule has 0 spiro atoms. The number of nitrogens with two attached hydrogens (primary N) is 1. The van der Waals surface area contributed by atoms with Crippen LogP contribution in [0.2, 0.25) is 0 Å². The molecule has 0 radical (unpaired) electrons. The first-order valence-corrected chi connectivity index (χ1v) is 5.09. The first kappa shape index (κ1) is 12.6. The van der Waals surface area contributed by atoms with Crippen LogP contribution in [0.5, 0.6) is 0 Å². The third-order valence-electron chi connectivity index (χ3n) is 2.56. The van der Waals surface area contributed by atoms with E-state index in [1.54, 1.807) is 26.0 Å². The van der Waals surface area contributed by atoms with Gasteiger partial charge in [-0.2, -0.15) is 0 Å². The van der Waals surface area contributed by atoms with Gasteiger partial charge in [0, 0.05) is 23.8 Å². The minimum Gasteiger partial charge on any atom is -0.396 e. The zero-order valence-electron chi connectivity index (χ0n) is 9.43. The molecule has 88 valence electrons. The molecular weight excluding hydrogens is 208 g/mol. The number of aliphatic hydroxyl groups is 1. The Morgan fingerprint density at radius 3 is 2.31 bits per heavy atom. The molecule has 0 amide bonds. The number of hydrogen-bond acceptors (Lipinski definition) is 4. The fourth-order valence-electron chi connectivity index (χ4n) is 1.80. The lowest BCUT2D eigenvalue weighted by atomic mass is 9.98. The molecule has 5 nitrogen and oxygen atoms in total. The highest BCUT2D eigenvalue weighted by Crippen LogP contribution is 2.27. The van der Waals surface area contributed by atoms with Crippen LogP contribution in [0.25, 0.3) is 0 Å². The second-order valence-electron chi connectivity index (χ2n) is 3.88. The second kappa shape index (κ2) is 5.05. The normalized spacial score (nSPS) is 12.5. The summed E-state index contributed by atoms with van der Waals surface area (Å²) in [6.07, 6.45) is 0.455. The Morgan fingerprint density at radius 2 is 1.94 bits per heavy atom. The summed E-state index contributed by atoms with van der Waals surface area (Å²) in [6.45, 7) is 3.40. The fourth-order valence-corrected chi connectivity index (χ4v) is 1.80. The minimum absolute atomic E-state index is 0.0102. The number of nitrogens with zero attached hydrogens (tertiary/aromatic N) is 1. The summed E-state index contributed by atoms with van der Waals surface area (Å²) >= 11 is 0. The van der Waals surface area contributed by atoms with E-state index in [0.29, 0.717) is 17.5 Å². The Bertz CT molecular complexity index is 381. The number of hydrogen-bond donors (Lipinski definition) is 2. The van der Waals surface area contributed by atoms with Crippen molar-refractivity contribution in [3.63, 3.8) is 0 Å². The van der Waals surface area contributed by atoms with Crippen molar-refractivity contribution >= 4 is 5.69 Å². The molecule has 0 bridgehead atoms. The van der Waals surface area contributed by atoms with E-state index in [0.717, 1.165) is 5.56 Å². The van der Waals surface area contributed by atoms with Crippen molar-refractivity contribution in [1.29, 1.82) is 0 Å². The molecular formula is C11H16N2O3. The van der Waals surface area contributed by atoms with Gasteiger partial charge in [0.25, 0.3) is 5.69 Å². The van der Waals surface area contributed by atoms with Crippen molar-refractivity contribution in [3.05, 3.63) is 38.9 Å². The monoisotopic (exact) mass is 224 g/mol. The molecule has 1 atom stereocenters. The van der Waals surface area contributed by atoms with Crippen molar-refractivity contribution in [3.8, 4) is 0 Å². The van der Waals surface area contributed by atoms with Gasteiger partial charge in [0.1, 0.15) is 0 Å². The van der Waals surface area contributed by atoms with E-state index in [-0.39, 0.29) is 23.3 Å². The van der Waals surface area contributed by atoms with Gasteiger partial charge in [0.05, 0.1) is 4.92 Å². The van der Waals surface area contributed by atoms with Crippen LogP contribution in [0, 0.1) is 24.0 Å². The highest BCUT2D eigenvalue weighted by molar-refractivity contribution is 5.49. The first-order valence-electron chi connectivity index (χ1n) is 5.09. The average molecular weight is 224 g/mol. The van der Waals surface area contributed by atoms with E-state index in [9.17, 15) is 10.1 Å². The van der Waals surface area contributed by atoms with Crippen molar-refractivity contribution in [1.82, 2.24) is 0 Å². The molecule has 1 aromatic rings. The Kier molecular flexibility index (Phi) is 3.98. The predicted molar refractivity (Wildman–Crippen MR) is 61.2 cm³/mol. The van der Waals surface area contributed by atoms with Gasteiger partial charge in [-0.25, -0.2) is 0 Å². The lowest BCUT2D eigenvalue weighted by molar-refractivity contribution is -0.386. The van der Waals surface area contributed by atoms with E-state index in [1.165, 1.54) is 0 Å². The van der Waals surface area contributed by atoms with E-state index in [1.807, 2.05) is 0 Å². The van der Waals surface area contributed by atoms with E-state index in [2.05, 4.69) is 0 Å². The highest BCUT2D eigenvalue weighted by atomic mass is 16.6. The summed E-state index contributed by atoms with van der Waals surface area (Å²) < 4.78 is 0. The van der Waals surface area contributed by atoms with Crippen molar-refractivity contribution in [2.24, 2.45) is 5.73 Å². The summed E-state index contributed by atoms with van der Waals surface area (Å²) in [4.78, 5) is 10.4. The Balaban J connectivity index is 3.14. The van der Waals surface area contributed by atoms with Gasteiger partial charge in [-0.1, -0.05) is 0 Å². The summed E-state index contributed by atoms with van der Waals surface area (Å²) in [5.41, 5.74) is 8.02. The molecule has 0 aliphatic heterocycles. The topological polar surface area (TPSA) is 89.4 Å². The summed E-state index contributed by atoms with van der Waals surface area (Å²) in [5, 5.41) is 19.6. The molecule has 0 aliphatic rings. The number of aryl methyl sites for hydroxylation is 2. The second-order valence-corrected chi connectivity index (χ2v) is 3.88. The first-order chi connectivity index (χ1) is 7.47.